The second kappa shape index (κ2) is 6.06. The lowest BCUT2D eigenvalue weighted by Crippen LogP contribution is -2.30. The van der Waals surface area contributed by atoms with Crippen LogP contribution in [-0.4, -0.2) is 13.7 Å². The minimum absolute atomic E-state index is 0.362. The van der Waals surface area contributed by atoms with Gasteiger partial charge in [-0.05, 0) is 36.5 Å². The second-order valence-electron chi connectivity index (χ2n) is 5.39. The van der Waals surface area contributed by atoms with Crippen LogP contribution in [0.25, 0.3) is 0 Å². The van der Waals surface area contributed by atoms with Crippen LogP contribution in [0.15, 0.2) is 24.3 Å². The van der Waals surface area contributed by atoms with E-state index in [0.717, 1.165) is 12.3 Å². The average molecular weight is 235 g/mol. The summed E-state index contributed by atoms with van der Waals surface area (Å²) in [6.07, 6.45) is 1.19. The maximum atomic E-state index is 5.16. The molecule has 1 aromatic rings. The summed E-state index contributed by atoms with van der Waals surface area (Å²) in [5, 5.41) is 3.59. The fourth-order valence-electron chi connectivity index (χ4n) is 1.56. The van der Waals surface area contributed by atoms with Gasteiger partial charge >= 0.3 is 0 Å². The largest absolute Gasteiger partial charge is 0.497 e. The zero-order valence-corrected chi connectivity index (χ0v) is 11.7. The maximum absolute atomic E-state index is 5.16. The van der Waals surface area contributed by atoms with Crippen molar-refractivity contribution in [2.45, 2.75) is 40.2 Å². The highest BCUT2D eigenvalue weighted by Crippen LogP contribution is 2.21. The lowest BCUT2D eigenvalue weighted by atomic mass is 9.90. The minimum Gasteiger partial charge on any atom is -0.497 e. The van der Waals surface area contributed by atoms with Gasteiger partial charge in [0.15, 0.2) is 0 Å². The van der Waals surface area contributed by atoms with E-state index in [-0.39, 0.29) is 0 Å². The van der Waals surface area contributed by atoms with Crippen LogP contribution in [0, 0.1) is 5.41 Å². The summed E-state index contributed by atoms with van der Waals surface area (Å²) < 4.78 is 5.16. The second-order valence-corrected chi connectivity index (χ2v) is 5.39. The van der Waals surface area contributed by atoms with Crippen molar-refractivity contribution in [3.8, 4) is 5.75 Å². The van der Waals surface area contributed by atoms with E-state index < -0.39 is 0 Å². The third-order valence-electron chi connectivity index (χ3n) is 3.46. The third kappa shape index (κ3) is 4.39. The zero-order valence-electron chi connectivity index (χ0n) is 11.7. The first-order valence-corrected chi connectivity index (χ1v) is 6.36. The molecule has 2 heteroatoms. The standard InChI is InChI=1S/C15H25NO/c1-6-15(3,4)11-16-12(2)13-7-9-14(17-5)10-8-13/h7-10,12,16H,6,11H2,1-5H3/t12-/m1/s1. The average Bonchev–Trinajstić information content (AvgIpc) is 2.36. The van der Waals surface area contributed by atoms with Crippen LogP contribution in [0.2, 0.25) is 0 Å². The number of ether oxygens (including phenoxy) is 1. The van der Waals surface area contributed by atoms with Gasteiger partial charge in [0, 0.05) is 12.6 Å². The van der Waals surface area contributed by atoms with E-state index in [1.54, 1.807) is 7.11 Å². The van der Waals surface area contributed by atoms with E-state index in [0.29, 0.717) is 11.5 Å². The summed E-state index contributed by atoms with van der Waals surface area (Å²) in [5.74, 6) is 0.912. The van der Waals surface area contributed by atoms with Gasteiger partial charge in [-0.1, -0.05) is 32.9 Å². The van der Waals surface area contributed by atoms with E-state index in [4.69, 9.17) is 4.74 Å². The first kappa shape index (κ1) is 14.0. The number of nitrogens with one attached hydrogen (secondary N) is 1. The molecule has 0 fully saturated rings. The molecule has 1 rings (SSSR count). The molecule has 17 heavy (non-hydrogen) atoms. The molecule has 1 atom stereocenters. The van der Waals surface area contributed by atoms with Crippen LogP contribution in [-0.2, 0) is 0 Å². The highest BCUT2D eigenvalue weighted by atomic mass is 16.5. The normalized spacial score (nSPS) is 13.5. The Morgan fingerprint density at radius 2 is 1.82 bits per heavy atom. The van der Waals surface area contributed by atoms with Crippen molar-refractivity contribution in [1.82, 2.24) is 5.32 Å². The lowest BCUT2D eigenvalue weighted by molar-refractivity contribution is 0.314. The molecule has 0 aliphatic rings. The van der Waals surface area contributed by atoms with Gasteiger partial charge in [0.2, 0.25) is 0 Å². The monoisotopic (exact) mass is 235 g/mol. The molecule has 0 bridgehead atoms. The Morgan fingerprint density at radius 3 is 2.29 bits per heavy atom. The number of benzene rings is 1. The van der Waals surface area contributed by atoms with Crippen LogP contribution < -0.4 is 10.1 Å². The summed E-state index contributed by atoms with van der Waals surface area (Å²) in [5.41, 5.74) is 1.67. The molecule has 0 spiro atoms. The smallest absolute Gasteiger partial charge is 0.118 e. The van der Waals surface area contributed by atoms with Gasteiger partial charge in [0.25, 0.3) is 0 Å². The topological polar surface area (TPSA) is 21.3 Å². The Balaban J connectivity index is 2.54. The Hall–Kier alpha value is -1.02. The fraction of sp³-hybridized carbons (Fsp3) is 0.600. The molecular weight excluding hydrogens is 210 g/mol. The van der Waals surface area contributed by atoms with Crippen LogP contribution in [0.5, 0.6) is 5.75 Å². The number of hydrogen-bond acceptors (Lipinski definition) is 2. The Kier molecular flexibility index (Phi) is 5.01. The summed E-state index contributed by atoms with van der Waals surface area (Å²) in [4.78, 5) is 0. The minimum atomic E-state index is 0.362. The van der Waals surface area contributed by atoms with Crippen LogP contribution in [0.4, 0.5) is 0 Å². The Labute approximate surface area is 105 Å². The van der Waals surface area contributed by atoms with Crippen molar-refractivity contribution in [3.05, 3.63) is 29.8 Å². The van der Waals surface area contributed by atoms with E-state index in [1.165, 1.54) is 12.0 Å². The highest BCUT2D eigenvalue weighted by Gasteiger charge is 2.16. The molecule has 0 amide bonds. The van der Waals surface area contributed by atoms with Crippen molar-refractivity contribution < 1.29 is 4.74 Å². The molecule has 0 saturated carbocycles. The van der Waals surface area contributed by atoms with Crippen LogP contribution in [0.1, 0.15) is 45.7 Å². The van der Waals surface area contributed by atoms with E-state index in [1.807, 2.05) is 12.1 Å². The van der Waals surface area contributed by atoms with E-state index in [9.17, 15) is 0 Å². The lowest BCUT2D eigenvalue weighted by Gasteiger charge is -2.26. The highest BCUT2D eigenvalue weighted by molar-refractivity contribution is 5.28. The first-order chi connectivity index (χ1) is 7.98. The molecule has 0 unspecified atom stereocenters. The zero-order chi connectivity index (χ0) is 12.9. The first-order valence-electron chi connectivity index (χ1n) is 6.36. The molecule has 0 radical (unpaired) electrons. The van der Waals surface area contributed by atoms with Crippen LogP contribution >= 0.6 is 0 Å². The number of hydrogen-bond donors (Lipinski definition) is 1. The molecule has 0 aliphatic heterocycles. The van der Waals surface area contributed by atoms with Gasteiger partial charge < -0.3 is 10.1 Å². The van der Waals surface area contributed by atoms with Crippen LogP contribution in [0.3, 0.4) is 0 Å². The van der Waals surface area contributed by atoms with Crippen molar-refractivity contribution in [1.29, 1.82) is 0 Å². The number of rotatable bonds is 6. The summed E-state index contributed by atoms with van der Waals surface area (Å²) in [7, 11) is 1.69. The molecular formula is C15H25NO. The summed E-state index contributed by atoms with van der Waals surface area (Å²) >= 11 is 0. The molecule has 0 aromatic heterocycles. The summed E-state index contributed by atoms with van der Waals surface area (Å²) in [6, 6.07) is 8.65. The molecule has 2 nitrogen and oxygen atoms in total. The predicted octanol–water partition coefficient (Wildman–Crippen LogP) is 3.78. The fourth-order valence-corrected chi connectivity index (χ4v) is 1.56. The van der Waals surface area contributed by atoms with Gasteiger partial charge in [-0.15, -0.1) is 0 Å². The molecule has 96 valence electrons. The molecule has 0 heterocycles. The quantitative estimate of drug-likeness (QED) is 0.810. The van der Waals surface area contributed by atoms with Gasteiger partial charge in [-0.25, -0.2) is 0 Å². The van der Waals surface area contributed by atoms with Gasteiger partial charge in [0.05, 0.1) is 7.11 Å². The molecule has 1 N–H and O–H groups in total. The van der Waals surface area contributed by atoms with Crippen molar-refractivity contribution in [2.75, 3.05) is 13.7 Å². The van der Waals surface area contributed by atoms with Crippen molar-refractivity contribution in [3.63, 3.8) is 0 Å². The molecule has 0 aliphatic carbocycles. The summed E-state index contributed by atoms with van der Waals surface area (Å²) in [6.45, 7) is 10.1. The van der Waals surface area contributed by atoms with Gasteiger partial charge in [-0.2, -0.15) is 0 Å². The molecule has 1 aromatic carbocycles. The van der Waals surface area contributed by atoms with Crippen molar-refractivity contribution >= 4 is 0 Å². The predicted molar refractivity (Wildman–Crippen MR) is 73.5 cm³/mol. The van der Waals surface area contributed by atoms with Gasteiger partial charge in [-0.3, -0.25) is 0 Å². The van der Waals surface area contributed by atoms with E-state index in [2.05, 4.69) is 45.1 Å². The van der Waals surface area contributed by atoms with Gasteiger partial charge in [0.1, 0.15) is 5.75 Å². The number of methoxy groups -OCH3 is 1. The van der Waals surface area contributed by atoms with E-state index >= 15 is 0 Å². The Bertz CT molecular complexity index is 329. The SMILES string of the molecule is CCC(C)(C)CN[C@H](C)c1ccc(OC)cc1. The third-order valence-corrected chi connectivity index (χ3v) is 3.46. The maximum Gasteiger partial charge on any atom is 0.118 e. The Morgan fingerprint density at radius 1 is 1.24 bits per heavy atom. The van der Waals surface area contributed by atoms with Crippen molar-refractivity contribution in [2.24, 2.45) is 5.41 Å². The molecule has 0 saturated heterocycles.